The maximum Gasteiger partial charge on any atom is 0.267 e. The van der Waals surface area contributed by atoms with E-state index in [1.807, 2.05) is 22.9 Å². The first-order chi connectivity index (χ1) is 5.29. The van der Waals surface area contributed by atoms with E-state index in [9.17, 15) is 4.79 Å². The van der Waals surface area contributed by atoms with Crippen LogP contribution >= 0.6 is 22.9 Å². The van der Waals surface area contributed by atoms with Gasteiger partial charge in [0.15, 0.2) is 0 Å². The third kappa shape index (κ3) is 1.44. The molecule has 0 aliphatic rings. The molecular weight excluding hydrogens is 445 g/mol. The molecule has 0 fully saturated rings. The monoisotopic (exact) mass is 448 g/mol. The van der Waals surface area contributed by atoms with Gasteiger partial charge in [-0.15, -0.1) is 0 Å². The Balaban J connectivity index is 0.000000720. The molecule has 5 nitrogen and oxygen atoms in total. The SMILES string of the molecule is O=c1c2cn[n-]c2ncn1I.[Re]. The molecule has 0 aliphatic heterocycles. The van der Waals surface area contributed by atoms with Crippen molar-refractivity contribution in [3.05, 3.63) is 22.9 Å². The van der Waals surface area contributed by atoms with Gasteiger partial charge in [0.1, 0.15) is 0 Å². The van der Waals surface area contributed by atoms with E-state index in [1.165, 1.54) is 15.3 Å². The van der Waals surface area contributed by atoms with Crippen LogP contribution in [0.2, 0.25) is 0 Å². The molecule has 2 rings (SSSR count). The smallest absolute Gasteiger partial charge is 0.267 e. The van der Waals surface area contributed by atoms with Crippen LogP contribution in [0.1, 0.15) is 0 Å². The van der Waals surface area contributed by atoms with Gasteiger partial charge in [-0.05, 0) is 5.65 Å². The summed E-state index contributed by atoms with van der Waals surface area (Å²) in [6.45, 7) is 0. The van der Waals surface area contributed by atoms with E-state index in [0.717, 1.165) is 0 Å². The van der Waals surface area contributed by atoms with Crippen LogP contribution in [0.15, 0.2) is 17.3 Å². The molecule has 0 saturated carbocycles. The fraction of sp³-hybridized carbons (Fsp3) is 0. The minimum absolute atomic E-state index is 0. The van der Waals surface area contributed by atoms with E-state index in [0.29, 0.717) is 11.0 Å². The largest absolute Gasteiger partial charge is 0.426 e. The summed E-state index contributed by atoms with van der Waals surface area (Å²) in [4.78, 5) is 15.1. The topological polar surface area (TPSA) is 61.9 Å². The van der Waals surface area contributed by atoms with Crippen LogP contribution in [-0.2, 0) is 20.4 Å². The van der Waals surface area contributed by atoms with Crippen LogP contribution < -0.4 is 10.7 Å². The molecule has 12 heavy (non-hydrogen) atoms. The minimum atomic E-state index is -0.124. The Morgan fingerprint density at radius 1 is 1.58 bits per heavy atom. The Bertz CT molecular complexity index is 450. The summed E-state index contributed by atoms with van der Waals surface area (Å²) < 4.78 is 1.36. The Morgan fingerprint density at radius 2 is 2.33 bits per heavy atom. The van der Waals surface area contributed by atoms with Gasteiger partial charge < -0.3 is 10.1 Å². The van der Waals surface area contributed by atoms with Gasteiger partial charge in [-0.25, -0.2) is 0 Å². The van der Waals surface area contributed by atoms with E-state index < -0.39 is 0 Å². The van der Waals surface area contributed by atoms with Crippen molar-refractivity contribution in [2.45, 2.75) is 0 Å². The van der Waals surface area contributed by atoms with E-state index >= 15 is 0 Å². The number of hydrogen-bond donors (Lipinski definition) is 0. The molecule has 0 aliphatic carbocycles. The van der Waals surface area contributed by atoms with E-state index in [2.05, 4.69) is 15.2 Å². The maximum absolute atomic E-state index is 11.2. The molecule has 0 atom stereocenters. The number of fused-ring (bicyclic) bond motifs is 1. The van der Waals surface area contributed by atoms with Gasteiger partial charge in [0.25, 0.3) is 5.56 Å². The molecule has 2 aromatic heterocycles. The molecule has 0 saturated heterocycles. The summed E-state index contributed by atoms with van der Waals surface area (Å²) in [5, 5.41) is 7.68. The molecule has 2 heterocycles. The Hall–Kier alpha value is -0.258. The number of aromatic nitrogens is 4. The van der Waals surface area contributed by atoms with Gasteiger partial charge in [-0.3, -0.25) is 12.7 Å². The number of halogens is 1. The minimum Gasteiger partial charge on any atom is -0.426 e. The molecule has 0 amide bonds. The van der Waals surface area contributed by atoms with Gasteiger partial charge in [-0.1, -0.05) is 0 Å². The second-order valence-corrected chi connectivity index (χ2v) is 2.98. The standard InChI is InChI=1S/C5H3IN4O.Re/c6-10-2-7-4-3(5(10)11)1-8-9-4;/h1-2H,(H,8,9,11);/p-1. The Labute approximate surface area is 94.7 Å². The van der Waals surface area contributed by atoms with Crippen molar-refractivity contribution in [2.24, 2.45) is 0 Å². The molecule has 7 heteroatoms. The van der Waals surface area contributed by atoms with Crippen LogP contribution in [0.3, 0.4) is 0 Å². The van der Waals surface area contributed by atoms with Crippen LogP contribution in [0, 0.1) is 0 Å². The predicted octanol–water partition coefficient (Wildman–Crippen LogP) is -0.0557. The second-order valence-electron chi connectivity index (χ2n) is 1.94. The maximum atomic E-state index is 11.2. The fourth-order valence-electron chi connectivity index (χ4n) is 0.772. The molecule has 0 aromatic carbocycles. The normalized spacial score (nSPS) is 9.75. The van der Waals surface area contributed by atoms with Crippen molar-refractivity contribution < 1.29 is 20.4 Å². The third-order valence-corrected chi connectivity index (χ3v) is 1.97. The van der Waals surface area contributed by atoms with Crippen molar-refractivity contribution in [1.82, 2.24) is 18.0 Å². The molecular formula is C5H2IN4ORe-. The van der Waals surface area contributed by atoms with E-state index in [4.69, 9.17) is 0 Å². The van der Waals surface area contributed by atoms with Gasteiger partial charge in [0, 0.05) is 32.9 Å². The third-order valence-electron chi connectivity index (χ3n) is 1.29. The first-order valence-electron chi connectivity index (χ1n) is 2.81. The summed E-state index contributed by atoms with van der Waals surface area (Å²) >= 11 is 1.86. The summed E-state index contributed by atoms with van der Waals surface area (Å²) in [6.07, 6.45) is 2.83. The van der Waals surface area contributed by atoms with Crippen molar-refractivity contribution in [1.29, 1.82) is 0 Å². The van der Waals surface area contributed by atoms with Crippen LogP contribution in [0.25, 0.3) is 11.0 Å². The Morgan fingerprint density at radius 3 is 3.08 bits per heavy atom. The molecule has 0 spiro atoms. The molecule has 0 bridgehead atoms. The summed E-state index contributed by atoms with van der Waals surface area (Å²) in [5.74, 6) is 0. The second kappa shape index (κ2) is 3.64. The van der Waals surface area contributed by atoms with E-state index in [1.54, 1.807) is 0 Å². The zero-order valence-electron chi connectivity index (χ0n) is 5.61. The average Bonchev–Trinajstić information content (AvgIpc) is 2.45. The van der Waals surface area contributed by atoms with E-state index in [-0.39, 0.29) is 26.0 Å². The van der Waals surface area contributed by atoms with Crippen molar-refractivity contribution in [3.63, 3.8) is 0 Å². The van der Waals surface area contributed by atoms with Crippen molar-refractivity contribution >= 4 is 33.9 Å². The first kappa shape index (κ1) is 9.83. The van der Waals surface area contributed by atoms with Gasteiger partial charge in [0.05, 0.1) is 28.3 Å². The van der Waals surface area contributed by atoms with Crippen molar-refractivity contribution in [2.75, 3.05) is 0 Å². The predicted molar refractivity (Wildman–Crippen MR) is 46.5 cm³/mol. The van der Waals surface area contributed by atoms with Gasteiger partial charge in [0.2, 0.25) is 0 Å². The summed E-state index contributed by atoms with van der Waals surface area (Å²) in [7, 11) is 0. The van der Waals surface area contributed by atoms with Gasteiger partial charge in [-0.2, -0.15) is 0 Å². The fourth-order valence-corrected chi connectivity index (χ4v) is 1.16. The molecule has 2 aromatic rings. The van der Waals surface area contributed by atoms with Crippen molar-refractivity contribution in [3.8, 4) is 0 Å². The molecule has 0 unspecified atom stereocenters. The average molecular weight is 447 g/mol. The number of nitrogens with zero attached hydrogens (tertiary/aromatic N) is 4. The number of hydrogen-bond acceptors (Lipinski definition) is 3. The Kier molecular flexibility index (Phi) is 2.98. The van der Waals surface area contributed by atoms with Crippen LogP contribution in [0.5, 0.6) is 0 Å². The number of rotatable bonds is 0. The van der Waals surface area contributed by atoms with Gasteiger partial charge >= 0.3 is 0 Å². The zero-order chi connectivity index (χ0) is 7.84. The molecule has 63 valence electrons. The summed E-state index contributed by atoms with van der Waals surface area (Å²) in [6, 6.07) is 0. The first-order valence-corrected chi connectivity index (χ1v) is 3.77. The van der Waals surface area contributed by atoms with Crippen LogP contribution in [0.4, 0.5) is 0 Å². The molecule has 1 radical (unpaired) electrons. The van der Waals surface area contributed by atoms with Crippen LogP contribution in [-0.4, -0.2) is 12.9 Å². The molecule has 0 N–H and O–H groups in total. The zero-order valence-corrected chi connectivity index (χ0v) is 10.5. The quantitative estimate of drug-likeness (QED) is 0.532. The summed E-state index contributed by atoms with van der Waals surface area (Å²) in [5.41, 5.74) is 0.281.